The number of benzene rings is 2. The molecular weight excluding hydrogens is 483 g/mol. The maximum Gasteiger partial charge on any atom is 0.290 e. The number of Topliss-reactive ketones (excluding diaryl/α,β-unsaturated/α-hetero) is 4. The second kappa shape index (κ2) is 11.2. The van der Waals surface area contributed by atoms with Crippen molar-refractivity contribution in [3.8, 4) is 0 Å². The molecular formula is C24H20Cl2N2O6. The van der Waals surface area contributed by atoms with Crippen molar-refractivity contribution >= 4 is 58.1 Å². The monoisotopic (exact) mass is 502 g/mol. The summed E-state index contributed by atoms with van der Waals surface area (Å²) in [4.78, 5) is 76.6. The molecule has 176 valence electrons. The van der Waals surface area contributed by atoms with Crippen LogP contribution >= 0.6 is 23.2 Å². The highest BCUT2D eigenvalue weighted by molar-refractivity contribution is 6.42. The predicted octanol–water partition coefficient (Wildman–Crippen LogP) is 2.65. The lowest BCUT2D eigenvalue weighted by atomic mass is 10.0. The van der Waals surface area contributed by atoms with Crippen molar-refractivity contribution in [3.05, 3.63) is 69.7 Å². The van der Waals surface area contributed by atoms with Crippen molar-refractivity contribution in [2.45, 2.75) is 12.8 Å². The smallest absolute Gasteiger partial charge is 0.290 e. The van der Waals surface area contributed by atoms with E-state index in [9.17, 15) is 28.8 Å². The quantitative estimate of drug-likeness (QED) is 0.311. The SMILES string of the molecule is O=C(CC(=O)c1ccccc1Cl)C(=O)N1CCN(C(=O)C(=O)CC(=O)c2ccccc2Cl)CC1. The van der Waals surface area contributed by atoms with Crippen LogP contribution in [0.1, 0.15) is 33.6 Å². The second-order valence-electron chi connectivity index (χ2n) is 7.59. The molecule has 1 aliphatic rings. The molecule has 0 saturated carbocycles. The van der Waals surface area contributed by atoms with Crippen molar-refractivity contribution in [2.75, 3.05) is 26.2 Å². The van der Waals surface area contributed by atoms with E-state index in [1.54, 1.807) is 24.3 Å². The summed E-state index contributed by atoms with van der Waals surface area (Å²) < 4.78 is 0. The Morgan fingerprint density at radius 2 is 0.912 bits per heavy atom. The molecule has 0 unspecified atom stereocenters. The highest BCUT2D eigenvalue weighted by Gasteiger charge is 2.32. The summed E-state index contributed by atoms with van der Waals surface area (Å²) >= 11 is 11.9. The van der Waals surface area contributed by atoms with E-state index in [1.165, 1.54) is 34.1 Å². The summed E-state index contributed by atoms with van der Waals surface area (Å²) in [6, 6.07) is 12.5. The molecule has 2 amide bonds. The highest BCUT2D eigenvalue weighted by Crippen LogP contribution is 2.18. The Morgan fingerprint density at radius 1 is 0.588 bits per heavy atom. The van der Waals surface area contributed by atoms with Gasteiger partial charge >= 0.3 is 0 Å². The minimum atomic E-state index is -0.883. The third-order valence-corrected chi connectivity index (χ3v) is 5.98. The first kappa shape index (κ1) is 25.3. The zero-order valence-corrected chi connectivity index (χ0v) is 19.5. The molecule has 8 nitrogen and oxygen atoms in total. The number of halogens is 2. The molecule has 0 N–H and O–H groups in total. The van der Waals surface area contributed by atoms with Crippen LogP contribution < -0.4 is 0 Å². The summed E-state index contributed by atoms with van der Waals surface area (Å²) in [6.45, 7) is 0.0648. The van der Waals surface area contributed by atoms with Gasteiger partial charge in [0.1, 0.15) is 0 Å². The summed E-state index contributed by atoms with van der Waals surface area (Å²) in [7, 11) is 0. The van der Waals surface area contributed by atoms with Gasteiger partial charge in [0.15, 0.2) is 11.6 Å². The molecule has 1 saturated heterocycles. The molecule has 0 atom stereocenters. The molecule has 34 heavy (non-hydrogen) atoms. The molecule has 0 aromatic heterocycles. The van der Waals surface area contributed by atoms with Crippen LogP contribution in [0.25, 0.3) is 0 Å². The minimum Gasteiger partial charge on any atom is -0.333 e. The summed E-state index contributed by atoms with van der Waals surface area (Å²) in [5, 5.41) is 0.384. The molecule has 2 aromatic carbocycles. The van der Waals surface area contributed by atoms with Crippen molar-refractivity contribution in [2.24, 2.45) is 0 Å². The number of carbonyl (C=O) groups is 6. The zero-order chi connectivity index (χ0) is 24.8. The van der Waals surface area contributed by atoms with Gasteiger partial charge in [0.2, 0.25) is 11.6 Å². The third kappa shape index (κ3) is 5.95. The number of nitrogens with zero attached hydrogens (tertiary/aromatic N) is 2. The molecule has 10 heteroatoms. The predicted molar refractivity (Wildman–Crippen MR) is 124 cm³/mol. The van der Waals surface area contributed by atoms with Crippen LogP contribution in [-0.2, 0) is 19.2 Å². The van der Waals surface area contributed by atoms with Gasteiger partial charge in [0.05, 0.1) is 22.9 Å². The number of amides is 2. The van der Waals surface area contributed by atoms with E-state index in [2.05, 4.69) is 0 Å². The first-order valence-electron chi connectivity index (χ1n) is 10.4. The topological polar surface area (TPSA) is 109 Å². The Balaban J connectivity index is 1.51. The first-order valence-corrected chi connectivity index (χ1v) is 11.1. The van der Waals surface area contributed by atoms with Crippen molar-refractivity contribution < 1.29 is 28.8 Å². The fraction of sp³-hybridized carbons (Fsp3) is 0.250. The van der Waals surface area contributed by atoms with Gasteiger partial charge < -0.3 is 9.80 Å². The molecule has 2 aromatic rings. The Labute approximate surface area is 205 Å². The lowest BCUT2D eigenvalue weighted by molar-refractivity contribution is -0.149. The van der Waals surface area contributed by atoms with E-state index in [1.807, 2.05) is 0 Å². The maximum absolute atomic E-state index is 12.5. The Morgan fingerprint density at radius 3 is 1.24 bits per heavy atom. The normalized spacial score (nSPS) is 13.4. The number of piperazine rings is 1. The van der Waals surface area contributed by atoms with Gasteiger partial charge in [0, 0.05) is 37.3 Å². The molecule has 0 radical (unpaired) electrons. The van der Waals surface area contributed by atoms with E-state index in [-0.39, 0.29) is 47.4 Å². The van der Waals surface area contributed by atoms with Gasteiger partial charge in [-0.3, -0.25) is 28.8 Å². The van der Waals surface area contributed by atoms with Crippen LogP contribution in [0, 0.1) is 0 Å². The molecule has 1 heterocycles. The standard InChI is InChI=1S/C24H20Cl2N2O6/c25-17-7-3-1-5-15(17)19(29)13-21(31)23(33)27-9-11-28(12-10-27)24(34)22(32)14-20(30)16-6-2-4-8-18(16)26/h1-8H,9-14H2. The molecule has 3 rings (SSSR count). The zero-order valence-electron chi connectivity index (χ0n) is 18.0. The van der Waals surface area contributed by atoms with Gasteiger partial charge in [-0.2, -0.15) is 0 Å². The van der Waals surface area contributed by atoms with Crippen LogP contribution in [-0.4, -0.2) is 70.9 Å². The van der Waals surface area contributed by atoms with Crippen LogP contribution in [0.2, 0.25) is 10.0 Å². The lowest BCUT2D eigenvalue weighted by Gasteiger charge is -2.34. The van der Waals surface area contributed by atoms with E-state index in [0.29, 0.717) is 0 Å². The molecule has 0 bridgehead atoms. The number of carbonyl (C=O) groups excluding carboxylic acids is 6. The van der Waals surface area contributed by atoms with Crippen LogP contribution in [0.15, 0.2) is 48.5 Å². The number of hydrogen-bond donors (Lipinski definition) is 0. The summed E-state index contributed by atoms with van der Waals surface area (Å²) in [6.07, 6.45) is -1.24. The van der Waals surface area contributed by atoms with Gasteiger partial charge in [0.25, 0.3) is 11.8 Å². The lowest BCUT2D eigenvalue weighted by Crippen LogP contribution is -2.53. The second-order valence-corrected chi connectivity index (χ2v) is 8.40. The fourth-order valence-corrected chi connectivity index (χ4v) is 3.96. The van der Waals surface area contributed by atoms with E-state index in [0.717, 1.165) is 0 Å². The van der Waals surface area contributed by atoms with Gasteiger partial charge in [-0.1, -0.05) is 47.5 Å². The van der Waals surface area contributed by atoms with Crippen molar-refractivity contribution in [1.82, 2.24) is 9.80 Å². The first-order chi connectivity index (χ1) is 16.2. The highest BCUT2D eigenvalue weighted by atomic mass is 35.5. The Bertz CT molecular complexity index is 1080. The van der Waals surface area contributed by atoms with Crippen LogP contribution in [0.4, 0.5) is 0 Å². The van der Waals surface area contributed by atoms with E-state index < -0.39 is 47.8 Å². The molecule has 0 spiro atoms. The van der Waals surface area contributed by atoms with Crippen LogP contribution in [0.5, 0.6) is 0 Å². The largest absolute Gasteiger partial charge is 0.333 e. The number of ketones is 4. The fourth-order valence-electron chi connectivity index (χ4n) is 3.47. The van der Waals surface area contributed by atoms with Gasteiger partial charge in [-0.15, -0.1) is 0 Å². The Hall–Kier alpha value is -3.36. The Kier molecular flexibility index (Phi) is 8.31. The average Bonchev–Trinajstić information content (AvgIpc) is 2.83. The minimum absolute atomic E-state index is 0.0162. The summed E-state index contributed by atoms with van der Waals surface area (Å²) in [5.74, 6) is -4.57. The third-order valence-electron chi connectivity index (χ3n) is 5.32. The maximum atomic E-state index is 12.5. The number of hydrogen-bond acceptors (Lipinski definition) is 6. The van der Waals surface area contributed by atoms with Gasteiger partial charge in [-0.25, -0.2) is 0 Å². The molecule has 1 aliphatic heterocycles. The molecule has 0 aliphatic carbocycles. The van der Waals surface area contributed by atoms with E-state index >= 15 is 0 Å². The van der Waals surface area contributed by atoms with Gasteiger partial charge in [-0.05, 0) is 24.3 Å². The van der Waals surface area contributed by atoms with Crippen molar-refractivity contribution in [1.29, 1.82) is 0 Å². The summed E-state index contributed by atoms with van der Waals surface area (Å²) in [5.41, 5.74) is 0.316. The number of rotatable bonds is 8. The van der Waals surface area contributed by atoms with Crippen molar-refractivity contribution in [3.63, 3.8) is 0 Å². The molecule has 1 fully saturated rings. The average molecular weight is 503 g/mol. The van der Waals surface area contributed by atoms with E-state index in [4.69, 9.17) is 23.2 Å². The van der Waals surface area contributed by atoms with Crippen LogP contribution in [0.3, 0.4) is 0 Å².